The molecule has 3 aromatic rings. The summed E-state index contributed by atoms with van der Waals surface area (Å²) in [5, 5.41) is 0. The first kappa shape index (κ1) is 16.3. The third kappa shape index (κ3) is 2.85. The number of furan rings is 1. The van der Waals surface area contributed by atoms with Crippen LogP contribution in [-0.2, 0) is 24.2 Å². The Bertz CT molecular complexity index is 978. The SMILES string of the molecule is O=C(Cc1ccco1)N1CC[C@]2(Cc3ncc(-c4ccc(F)cc4)n3C2)C1. The summed E-state index contributed by atoms with van der Waals surface area (Å²) >= 11 is 0. The zero-order valence-corrected chi connectivity index (χ0v) is 14.9. The van der Waals surface area contributed by atoms with Gasteiger partial charge in [0.25, 0.3) is 0 Å². The summed E-state index contributed by atoms with van der Waals surface area (Å²) in [5.41, 5.74) is 2.04. The van der Waals surface area contributed by atoms with Crippen molar-refractivity contribution in [1.29, 1.82) is 0 Å². The second kappa shape index (κ2) is 6.08. The Balaban J connectivity index is 1.32. The Kier molecular flexibility index (Phi) is 3.67. The van der Waals surface area contributed by atoms with Crippen LogP contribution >= 0.6 is 0 Å². The third-order valence-electron chi connectivity index (χ3n) is 5.80. The molecule has 5 rings (SSSR count). The Labute approximate surface area is 156 Å². The predicted molar refractivity (Wildman–Crippen MR) is 97.4 cm³/mol. The molecule has 0 unspecified atom stereocenters. The van der Waals surface area contributed by atoms with Crippen molar-refractivity contribution in [2.24, 2.45) is 5.41 Å². The maximum absolute atomic E-state index is 13.2. The van der Waals surface area contributed by atoms with Crippen molar-refractivity contribution in [3.63, 3.8) is 0 Å². The van der Waals surface area contributed by atoms with Gasteiger partial charge in [-0.15, -0.1) is 0 Å². The van der Waals surface area contributed by atoms with Crippen LogP contribution in [0.25, 0.3) is 11.3 Å². The molecule has 1 atom stereocenters. The van der Waals surface area contributed by atoms with Crippen LogP contribution in [0.1, 0.15) is 18.0 Å². The van der Waals surface area contributed by atoms with Gasteiger partial charge in [-0.25, -0.2) is 9.37 Å². The van der Waals surface area contributed by atoms with Gasteiger partial charge in [0.15, 0.2) is 0 Å². The molecule has 138 valence electrons. The first-order chi connectivity index (χ1) is 13.1. The van der Waals surface area contributed by atoms with E-state index >= 15 is 0 Å². The Morgan fingerprint density at radius 3 is 2.85 bits per heavy atom. The Morgan fingerprint density at radius 2 is 2.07 bits per heavy atom. The minimum Gasteiger partial charge on any atom is -0.469 e. The summed E-state index contributed by atoms with van der Waals surface area (Å²) < 4.78 is 20.8. The largest absolute Gasteiger partial charge is 0.469 e. The summed E-state index contributed by atoms with van der Waals surface area (Å²) in [4.78, 5) is 19.1. The molecule has 6 heteroatoms. The molecule has 1 spiro atoms. The van der Waals surface area contributed by atoms with E-state index in [-0.39, 0.29) is 17.1 Å². The maximum Gasteiger partial charge on any atom is 0.230 e. The highest BCUT2D eigenvalue weighted by Gasteiger charge is 2.45. The summed E-state index contributed by atoms with van der Waals surface area (Å²) in [6.07, 6.45) is 5.63. The van der Waals surface area contributed by atoms with Gasteiger partial charge in [0.05, 0.1) is 24.6 Å². The average Bonchev–Trinajstić information content (AvgIpc) is 3.42. The number of carbonyl (C=O) groups is 1. The van der Waals surface area contributed by atoms with E-state index in [1.165, 1.54) is 12.1 Å². The van der Waals surface area contributed by atoms with Crippen molar-refractivity contribution in [3.8, 4) is 11.3 Å². The molecule has 1 fully saturated rings. The lowest BCUT2D eigenvalue weighted by atomic mass is 9.86. The Hall–Kier alpha value is -2.89. The van der Waals surface area contributed by atoms with E-state index in [4.69, 9.17) is 4.42 Å². The molecule has 1 aromatic carbocycles. The zero-order chi connectivity index (χ0) is 18.4. The zero-order valence-electron chi connectivity index (χ0n) is 14.9. The number of amides is 1. The first-order valence-electron chi connectivity index (χ1n) is 9.22. The lowest BCUT2D eigenvalue weighted by Crippen LogP contribution is -2.34. The molecule has 27 heavy (non-hydrogen) atoms. The van der Waals surface area contributed by atoms with Crippen LogP contribution in [0.3, 0.4) is 0 Å². The molecule has 0 saturated carbocycles. The smallest absolute Gasteiger partial charge is 0.230 e. The summed E-state index contributed by atoms with van der Waals surface area (Å²) in [5.74, 6) is 1.64. The molecular weight excluding hydrogens is 345 g/mol. The molecule has 0 radical (unpaired) electrons. The van der Waals surface area contributed by atoms with E-state index in [2.05, 4.69) is 9.55 Å². The molecular formula is C21H20FN3O2. The lowest BCUT2D eigenvalue weighted by Gasteiger charge is -2.23. The number of rotatable bonds is 3. The van der Waals surface area contributed by atoms with Crippen molar-refractivity contribution in [1.82, 2.24) is 14.5 Å². The fourth-order valence-electron chi connectivity index (χ4n) is 4.40. The molecule has 1 saturated heterocycles. The van der Waals surface area contributed by atoms with Gasteiger partial charge in [0, 0.05) is 31.5 Å². The van der Waals surface area contributed by atoms with Crippen LogP contribution in [0, 0.1) is 11.2 Å². The van der Waals surface area contributed by atoms with Gasteiger partial charge in [-0.05, 0) is 48.4 Å². The van der Waals surface area contributed by atoms with E-state index < -0.39 is 0 Å². The number of likely N-dealkylation sites (tertiary alicyclic amines) is 1. The van der Waals surface area contributed by atoms with Gasteiger partial charge in [0.1, 0.15) is 17.4 Å². The molecule has 4 heterocycles. The van der Waals surface area contributed by atoms with Gasteiger partial charge in [0.2, 0.25) is 5.91 Å². The lowest BCUT2D eigenvalue weighted by molar-refractivity contribution is -0.130. The van der Waals surface area contributed by atoms with Gasteiger partial charge in [-0.2, -0.15) is 0 Å². The maximum atomic E-state index is 13.2. The van der Waals surface area contributed by atoms with Crippen molar-refractivity contribution in [2.75, 3.05) is 13.1 Å². The van der Waals surface area contributed by atoms with Crippen LogP contribution in [-0.4, -0.2) is 33.4 Å². The van der Waals surface area contributed by atoms with Crippen molar-refractivity contribution in [3.05, 3.63) is 66.3 Å². The van der Waals surface area contributed by atoms with Crippen LogP contribution in [0.4, 0.5) is 4.39 Å². The average molecular weight is 365 g/mol. The molecule has 0 N–H and O–H groups in total. The number of halogens is 1. The quantitative estimate of drug-likeness (QED) is 0.716. The number of hydrogen-bond donors (Lipinski definition) is 0. The minimum atomic E-state index is -0.238. The van der Waals surface area contributed by atoms with Crippen molar-refractivity contribution >= 4 is 5.91 Å². The minimum absolute atomic E-state index is 0.0528. The van der Waals surface area contributed by atoms with Crippen LogP contribution < -0.4 is 0 Å². The number of nitrogens with zero attached hydrogens (tertiary/aromatic N) is 3. The first-order valence-corrected chi connectivity index (χ1v) is 9.22. The molecule has 1 amide bonds. The van der Waals surface area contributed by atoms with Gasteiger partial charge in [-0.1, -0.05) is 0 Å². The molecule has 0 bridgehead atoms. The van der Waals surface area contributed by atoms with Crippen molar-refractivity contribution < 1.29 is 13.6 Å². The van der Waals surface area contributed by atoms with E-state index in [0.717, 1.165) is 49.6 Å². The van der Waals surface area contributed by atoms with Crippen LogP contribution in [0.5, 0.6) is 0 Å². The number of aromatic nitrogens is 2. The molecule has 2 aliphatic rings. The van der Waals surface area contributed by atoms with Gasteiger partial charge >= 0.3 is 0 Å². The van der Waals surface area contributed by atoms with Crippen LogP contribution in [0.2, 0.25) is 0 Å². The van der Waals surface area contributed by atoms with Crippen molar-refractivity contribution in [2.45, 2.75) is 25.8 Å². The third-order valence-corrected chi connectivity index (χ3v) is 5.80. The normalized spacial score (nSPS) is 21.1. The summed E-state index contributed by atoms with van der Waals surface area (Å²) in [6.45, 7) is 2.37. The van der Waals surface area contributed by atoms with Crippen LogP contribution in [0.15, 0.2) is 53.3 Å². The predicted octanol–water partition coefficient (Wildman–Crippen LogP) is 3.30. The number of fused-ring (bicyclic) bond motifs is 1. The standard InChI is InChI=1S/C21H20FN3O2/c22-16-5-3-15(4-6-16)18-12-23-19-11-21(14-25(18)19)7-8-24(13-21)20(26)10-17-2-1-9-27-17/h1-6,9,12H,7-8,10-11,13-14H2/t21-/m0/s1. The number of carbonyl (C=O) groups excluding carboxylic acids is 1. The van der Waals surface area contributed by atoms with E-state index in [1.54, 1.807) is 24.5 Å². The highest BCUT2D eigenvalue weighted by molar-refractivity contribution is 5.78. The summed E-state index contributed by atoms with van der Waals surface area (Å²) in [7, 11) is 0. The van der Waals surface area contributed by atoms with Gasteiger partial charge < -0.3 is 13.9 Å². The topological polar surface area (TPSA) is 51.3 Å². The number of imidazole rings is 1. The fourth-order valence-corrected chi connectivity index (χ4v) is 4.40. The number of benzene rings is 1. The van der Waals surface area contributed by atoms with Gasteiger partial charge in [-0.3, -0.25) is 4.79 Å². The highest BCUT2D eigenvalue weighted by atomic mass is 19.1. The number of hydrogen-bond acceptors (Lipinski definition) is 3. The molecule has 2 aliphatic heterocycles. The molecule has 0 aliphatic carbocycles. The second-order valence-electron chi connectivity index (χ2n) is 7.65. The Morgan fingerprint density at radius 1 is 1.22 bits per heavy atom. The molecule has 2 aromatic heterocycles. The molecule has 5 nitrogen and oxygen atoms in total. The second-order valence-corrected chi connectivity index (χ2v) is 7.65. The fraction of sp³-hybridized carbons (Fsp3) is 0.333. The monoisotopic (exact) mass is 365 g/mol. The van der Waals surface area contributed by atoms with E-state index in [9.17, 15) is 9.18 Å². The summed E-state index contributed by atoms with van der Waals surface area (Å²) in [6, 6.07) is 10.2. The van der Waals surface area contributed by atoms with E-state index in [1.807, 2.05) is 17.2 Å². The highest BCUT2D eigenvalue weighted by Crippen LogP contribution is 2.42. The van der Waals surface area contributed by atoms with E-state index in [0.29, 0.717) is 12.2 Å².